The quantitative estimate of drug-likeness (QED) is 0.252. The van der Waals surface area contributed by atoms with E-state index in [1.807, 2.05) is 5.38 Å². The minimum Gasteiger partial charge on any atom is -0.437 e. The van der Waals surface area contributed by atoms with Crippen molar-refractivity contribution in [2.45, 2.75) is 13.8 Å². The minimum atomic E-state index is -0.546. The van der Waals surface area contributed by atoms with Crippen LogP contribution >= 0.6 is 11.3 Å². The maximum Gasteiger partial charge on any atom is 0.336 e. The monoisotopic (exact) mass is 446 g/mol. The summed E-state index contributed by atoms with van der Waals surface area (Å²) in [6, 6.07) is 10.9. The van der Waals surface area contributed by atoms with E-state index in [0.717, 1.165) is 11.1 Å². The number of carbonyl (C=O) groups is 1. The summed E-state index contributed by atoms with van der Waals surface area (Å²) in [4.78, 5) is 33.7. The van der Waals surface area contributed by atoms with Gasteiger partial charge in [-0.15, -0.1) is 11.3 Å². The number of aryl methyl sites for hydroxylation is 1. The lowest BCUT2D eigenvalue weighted by Gasteiger charge is -2.12. The molecule has 0 N–H and O–H groups in total. The Balaban J connectivity index is 1.71. The number of ether oxygens (including phenoxy) is 1. The van der Waals surface area contributed by atoms with Crippen LogP contribution in [0.5, 0.6) is 11.6 Å². The molecule has 0 spiro atoms. The lowest BCUT2D eigenvalue weighted by Crippen LogP contribution is -2.04. The van der Waals surface area contributed by atoms with Gasteiger partial charge in [-0.05, 0) is 49.2 Å². The fourth-order valence-corrected chi connectivity index (χ4v) is 4.56. The molecule has 158 valence electrons. The molecule has 0 amide bonds. The van der Waals surface area contributed by atoms with Gasteiger partial charge in [0.1, 0.15) is 28.3 Å². The molecular formula is C24H15FN2O4S. The molecule has 2 aromatic carbocycles. The van der Waals surface area contributed by atoms with Gasteiger partial charge in [-0.3, -0.25) is 4.79 Å². The van der Waals surface area contributed by atoms with Gasteiger partial charge >= 0.3 is 5.63 Å². The van der Waals surface area contributed by atoms with Crippen LogP contribution < -0.4 is 10.4 Å². The van der Waals surface area contributed by atoms with Crippen LogP contribution in [0.3, 0.4) is 0 Å². The van der Waals surface area contributed by atoms with E-state index in [9.17, 15) is 14.0 Å². The number of carbonyl (C=O) groups excluding carboxylic acids is 1. The molecule has 3 aromatic heterocycles. The van der Waals surface area contributed by atoms with Crippen molar-refractivity contribution in [2.75, 3.05) is 0 Å². The molecule has 5 rings (SSSR count). The van der Waals surface area contributed by atoms with E-state index < -0.39 is 5.63 Å². The van der Waals surface area contributed by atoms with Crippen molar-refractivity contribution in [3.63, 3.8) is 0 Å². The number of halogens is 1. The summed E-state index contributed by atoms with van der Waals surface area (Å²) in [5.41, 5.74) is 2.06. The third-order valence-electron chi connectivity index (χ3n) is 5.13. The highest BCUT2D eigenvalue weighted by molar-refractivity contribution is 7.17. The van der Waals surface area contributed by atoms with Gasteiger partial charge in [-0.1, -0.05) is 12.1 Å². The average molecular weight is 446 g/mol. The molecule has 0 bridgehead atoms. The number of thiophene rings is 1. The Labute approximate surface area is 184 Å². The van der Waals surface area contributed by atoms with Gasteiger partial charge in [0.2, 0.25) is 5.88 Å². The molecule has 32 heavy (non-hydrogen) atoms. The Hall–Kier alpha value is -3.91. The highest BCUT2D eigenvalue weighted by Crippen LogP contribution is 2.40. The van der Waals surface area contributed by atoms with Gasteiger partial charge in [0.15, 0.2) is 11.4 Å². The van der Waals surface area contributed by atoms with E-state index in [1.54, 1.807) is 31.2 Å². The molecule has 0 atom stereocenters. The molecule has 3 heterocycles. The molecule has 0 saturated carbocycles. The van der Waals surface area contributed by atoms with Crippen molar-refractivity contribution in [3.05, 3.63) is 81.5 Å². The Morgan fingerprint density at radius 3 is 2.66 bits per heavy atom. The van der Waals surface area contributed by atoms with Gasteiger partial charge in [-0.25, -0.2) is 19.2 Å². The van der Waals surface area contributed by atoms with Crippen molar-refractivity contribution in [1.82, 2.24) is 9.97 Å². The summed E-state index contributed by atoms with van der Waals surface area (Å²) in [5.74, 6) is -0.184. The molecule has 0 saturated heterocycles. The Kier molecular flexibility index (Phi) is 4.79. The predicted molar refractivity (Wildman–Crippen MR) is 120 cm³/mol. The normalized spacial score (nSPS) is 11.2. The van der Waals surface area contributed by atoms with E-state index >= 15 is 0 Å². The maximum absolute atomic E-state index is 13.4. The topological polar surface area (TPSA) is 82.3 Å². The molecule has 0 fully saturated rings. The van der Waals surface area contributed by atoms with Gasteiger partial charge in [0.25, 0.3) is 0 Å². The summed E-state index contributed by atoms with van der Waals surface area (Å²) in [5, 5.41) is 3.19. The number of Topliss-reactive ketones (excluding diaryl/α,β-unsaturated/α-hetero) is 1. The van der Waals surface area contributed by atoms with Crippen LogP contribution in [0.1, 0.15) is 22.8 Å². The SMILES string of the molecule is CC(=O)c1c(Oc2ncnc3scc(-c4ccc(F)cc4)c23)ccc2c(C)cc(=O)oc12. The molecule has 0 aliphatic carbocycles. The first-order valence-electron chi connectivity index (χ1n) is 9.67. The fourth-order valence-electron chi connectivity index (χ4n) is 3.66. The smallest absolute Gasteiger partial charge is 0.336 e. The summed E-state index contributed by atoms with van der Waals surface area (Å²) in [6.45, 7) is 3.16. The lowest BCUT2D eigenvalue weighted by atomic mass is 10.0. The van der Waals surface area contributed by atoms with Crippen LogP contribution in [0.4, 0.5) is 4.39 Å². The molecule has 6 nitrogen and oxygen atoms in total. The third-order valence-corrected chi connectivity index (χ3v) is 6.02. The number of hydrogen-bond donors (Lipinski definition) is 0. The van der Waals surface area contributed by atoms with Crippen molar-refractivity contribution in [1.29, 1.82) is 0 Å². The van der Waals surface area contributed by atoms with E-state index in [1.165, 1.54) is 42.8 Å². The highest BCUT2D eigenvalue weighted by Gasteiger charge is 2.21. The zero-order valence-corrected chi connectivity index (χ0v) is 17.8. The van der Waals surface area contributed by atoms with Crippen LogP contribution in [-0.2, 0) is 0 Å². The van der Waals surface area contributed by atoms with Crippen molar-refractivity contribution in [3.8, 4) is 22.8 Å². The summed E-state index contributed by atoms with van der Waals surface area (Å²) in [6.07, 6.45) is 1.38. The molecular weight excluding hydrogens is 431 g/mol. The number of nitrogens with zero attached hydrogens (tertiary/aromatic N) is 2. The second-order valence-corrected chi connectivity index (χ2v) is 8.10. The first-order chi connectivity index (χ1) is 15.4. The van der Waals surface area contributed by atoms with Gasteiger partial charge in [0.05, 0.1) is 5.39 Å². The Bertz CT molecular complexity index is 1570. The lowest BCUT2D eigenvalue weighted by molar-refractivity contribution is 0.101. The van der Waals surface area contributed by atoms with Gasteiger partial charge in [-0.2, -0.15) is 0 Å². The Morgan fingerprint density at radius 1 is 1.12 bits per heavy atom. The zero-order valence-electron chi connectivity index (χ0n) is 17.0. The molecule has 0 aliphatic heterocycles. The number of benzene rings is 2. The molecule has 0 unspecified atom stereocenters. The maximum atomic E-state index is 13.4. The van der Waals surface area contributed by atoms with Crippen LogP contribution in [0.15, 0.2) is 63.4 Å². The number of ketones is 1. The Morgan fingerprint density at radius 2 is 1.91 bits per heavy atom. The molecule has 8 heteroatoms. The number of rotatable bonds is 4. The number of fused-ring (bicyclic) bond motifs is 2. The number of hydrogen-bond acceptors (Lipinski definition) is 7. The van der Waals surface area contributed by atoms with Crippen LogP contribution in [0.25, 0.3) is 32.3 Å². The van der Waals surface area contributed by atoms with E-state index in [4.69, 9.17) is 9.15 Å². The van der Waals surface area contributed by atoms with Crippen molar-refractivity contribution < 1.29 is 18.3 Å². The van der Waals surface area contributed by atoms with E-state index in [0.29, 0.717) is 21.2 Å². The first-order valence-corrected chi connectivity index (χ1v) is 10.5. The second kappa shape index (κ2) is 7.65. The van der Waals surface area contributed by atoms with Crippen molar-refractivity contribution in [2.24, 2.45) is 0 Å². The van der Waals surface area contributed by atoms with Gasteiger partial charge in [0, 0.05) is 22.4 Å². The summed E-state index contributed by atoms with van der Waals surface area (Å²) in [7, 11) is 0. The standard InChI is InChI=1S/C24H15FN2O4S/c1-12-9-19(29)31-22-16(12)7-8-18(20(22)13(2)28)30-23-21-17(10-32-24(21)27-11-26-23)14-3-5-15(25)6-4-14/h3-11H,1-2H3. The fraction of sp³-hybridized carbons (Fsp3) is 0.0833. The van der Waals surface area contributed by atoms with Crippen LogP contribution in [-0.4, -0.2) is 15.8 Å². The summed E-state index contributed by atoms with van der Waals surface area (Å²) >= 11 is 1.40. The molecule has 0 radical (unpaired) electrons. The van der Waals surface area contributed by atoms with Crippen molar-refractivity contribution >= 4 is 38.3 Å². The van der Waals surface area contributed by atoms with Gasteiger partial charge < -0.3 is 9.15 Å². The minimum absolute atomic E-state index is 0.161. The highest BCUT2D eigenvalue weighted by atomic mass is 32.1. The van der Waals surface area contributed by atoms with E-state index in [2.05, 4.69) is 9.97 Å². The van der Waals surface area contributed by atoms with Crippen LogP contribution in [0.2, 0.25) is 0 Å². The summed E-state index contributed by atoms with van der Waals surface area (Å²) < 4.78 is 24.9. The first kappa shape index (κ1) is 20.0. The zero-order chi connectivity index (χ0) is 22.4. The predicted octanol–water partition coefficient (Wildman–Crippen LogP) is 5.91. The third kappa shape index (κ3) is 3.34. The average Bonchev–Trinajstić information content (AvgIpc) is 3.19. The number of aromatic nitrogens is 2. The molecule has 5 aromatic rings. The second-order valence-electron chi connectivity index (χ2n) is 7.24. The molecule has 0 aliphatic rings. The largest absolute Gasteiger partial charge is 0.437 e. The van der Waals surface area contributed by atoms with E-state index in [-0.39, 0.29) is 34.4 Å². The van der Waals surface area contributed by atoms with Crippen LogP contribution in [0, 0.1) is 12.7 Å².